The molecule has 1 atom stereocenters. The van der Waals surface area contributed by atoms with Crippen molar-refractivity contribution in [2.45, 2.75) is 57.4 Å². The van der Waals surface area contributed by atoms with Crippen LogP contribution in [0.15, 0.2) is 23.9 Å². The number of hydrogen-bond acceptors (Lipinski definition) is 6. The number of hydrogen-bond donors (Lipinski definition) is 1. The third kappa shape index (κ3) is 4.22. The highest BCUT2D eigenvalue weighted by Gasteiger charge is 2.45. The molecule has 7 heteroatoms. The van der Waals surface area contributed by atoms with E-state index in [9.17, 15) is 14.7 Å². The molecule has 0 bridgehead atoms. The summed E-state index contributed by atoms with van der Waals surface area (Å²) in [7, 11) is 3.13. The van der Waals surface area contributed by atoms with E-state index in [-0.39, 0.29) is 30.4 Å². The van der Waals surface area contributed by atoms with Crippen LogP contribution in [0.2, 0.25) is 0 Å². The topological polar surface area (TPSA) is 79.3 Å². The summed E-state index contributed by atoms with van der Waals surface area (Å²) in [6, 6.07) is 5.33. The number of aliphatic hydroxyl groups is 1. The van der Waals surface area contributed by atoms with Crippen molar-refractivity contribution in [3.8, 4) is 11.5 Å². The highest BCUT2D eigenvalue weighted by molar-refractivity contribution is 6.35. The van der Waals surface area contributed by atoms with Crippen LogP contribution in [0.3, 0.4) is 0 Å². The fourth-order valence-electron chi connectivity index (χ4n) is 5.35. The van der Waals surface area contributed by atoms with Crippen LogP contribution in [0.25, 0.3) is 5.57 Å². The van der Waals surface area contributed by atoms with E-state index in [1.807, 2.05) is 11.0 Å². The second-order valence-electron chi connectivity index (χ2n) is 9.06. The predicted molar refractivity (Wildman–Crippen MR) is 121 cm³/mol. The van der Waals surface area contributed by atoms with Gasteiger partial charge in [-0.15, -0.1) is 0 Å². The Morgan fingerprint density at radius 3 is 2.31 bits per heavy atom. The molecule has 1 aromatic rings. The SMILES string of the molecule is COc1ccc(C2=C(N3CCCC(CO)C3)C(=O)N(C3CCCCCC3)C2=O)cc1OC. The summed E-state index contributed by atoms with van der Waals surface area (Å²) < 4.78 is 10.8. The molecule has 1 N–H and O–H groups in total. The molecule has 1 saturated carbocycles. The van der Waals surface area contributed by atoms with Gasteiger partial charge in [0.25, 0.3) is 11.8 Å². The third-order valence-electron chi connectivity index (χ3n) is 7.05. The molecule has 0 aromatic heterocycles. The van der Waals surface area contributed by atoms with Crippen LogP contribution in [0.5, 0.6) is 11.5 Å². The van der Waals surface area contributed by atoms with Crippen LogP contribution in [0.1, 0.15) is 56.9 Å². The molecule has 32 heavy (non-hydrogen) atoms. The maximum Gasteiger partial charge on any atom is 0.278 e. The fraction of sp³-hybridized carbons (Fsp3) is 0.600. The van der Waals surface area contributed by atoms with Gasteiger partial charge in [0.1, 0.15) is 5.70 Å². The van der Waals surface area contributed by atoms with E-state index < -0.39 is 0 Å². The van der Waals surface area contributed by atoms with E-state index in [4.69, 9.17) is 9.47 Å². The van der Waals surface area contributed by atoms with Crippen LogP contribution < -0.4 is 9.47 Å². The van der Waals surface area contributed by atoms with Gasteiger partial charge in [-0.3, -0.25) is 14.5 Å². The van der Waals surface area contributed by atoms with Crippen molar-refractivity contribution in [3.63, 3.8) is 0 Å². The normalized spacial score (nSPS) is 23.0. The number of methoxy groups -OCH3 is 2. The first kappa shape index (κ1) is 22.6. The molecular formula is C25H34N2O5. The Morgan fingerprint density at radius 2 is 1.66 bits per heavy atom. The van der Waals surface area contributed by atoms with Gasteiger partial charge in [-0.25, -0.2) is 0 Å². The molecule has 4 rings (SSSR count). The number of nitrogens with zero attached hydrogens (tertiary/aromatic N) is 2. The number of carbonyl (C=O) groups excluding carboxylic acids is 2. The first-order valence-corrected chi connectivity index (χ1v) is 11.8. The average molecular weight is 443 g/mol. The molecule has 1 saturated heterocycles. The van der Waals surface area contributed by atoms with Crippen LogP contribution in [-0.2, 0) is 9.59 Å². The minimum Gasteiger partial charge on any atom is -0.493 e. The largest absolute Gasteiger partial charge is 0.493 e. The maximum atomic E-state index is 13.8. The highest BCUT2D eigenvalue weighted by atomic mass is 16.5. The van der Waals surface area contributed by atoms with Gasteiger partial charge in [0.05, 0.1) is 19.8 Å². The van der Waals surface area contributed by atoms with Gasteiger partial charge < -0.3 is 19.5 Å². The number of ether oxygens (including phenoxy) is 2. The summed E-state index contributed by atoms with van der Waals surface area (Å²) in [5, 5.41) is 9.73. The first-order valence-electron chi connectivity index (χ1n) is 11.8. The molecule has 0 spiro atoms. The molecule has 7 nitrogen and oxygen atoms in total. The Labute approximate surface area is 190 Å². The van der Waals surface area contributed by atoms with Crippen molar-refractivity contribution in [2.24, 2.45) is 5.92 Å². The second-order valence-corrected chi connectivity index (χ2v) is 9.06. The molecule has 1 unspecified atom stereocenters. The lowest BCUT2D eigenvalue weighted by molar-refractivity contribution is -0.140. The van der Waals surface area contributed by atoms with Crippen molar-refractivity contribution in [1.29, 1.82) is 0 Å². The molecule has 2 heterocycles. The van der Waals surface area contributed by atoms with E-state index in [0.717, 1.165) is 51.4 Å². The highest BCUT2D eigenvalue weighted by Crippen LogP contribution is 2.39. The maximum absolute atomic E-state index is 13.8. The summed E-state index contributed by atoms with van der Waals surface area (Å²) >= 11 is 0. The average Bonchev–Trinajstić information content (AvgIpc) is 2.97. The number of likely N-dealkylation sites (tertiary alicyclic amines) is 1. The smallest absolute Gasteiger partial charge is 0.278 e. The minimum absolute atomic E-state index is 0.0522. The van der Waals surface area contributed by atoms with E-state index in [2.05, 4.69) is 0 Å². The Hall–Kier alpha value is -2.54. The van der Waals surface area contributed by atoms with Crippen LogP contribution in [0, 0.1) is 5.92 Å². The van der Waals surface area contributed by atoms with Crippen molar-refractivity contribution in [3.05, 3.63) is 29.5 Å². The predicted octanol–water partition coefficient (Wildman–Crippen LogP) is 3.21. The zero-order chi connectivity index (χ0) is 22.7. The molecule has 2 aliphatic heterocycles. The quantitative estimate of drug-likeness (QED) is 0.538. The van der Waals surface area contributed by atoms with Crippen molar-refractivity contribution < 1.29 is 24.2 Å². The minimum atomic E-state index is -0.213. The number of rotatable bonds is 6. The zero-order valence-electron chi connectivity index (χ0n) is 19.1. The number of aliphatic hydroxyl groups excluding tert-OH is 1. The van der Waals surface area contributed by atoms with Crippen LogP contribution in [-0.4, -0.2) is 66.7 Å². The Morgan fingerprint density at radius 1 is 0.938 bits per heavy atom. The molecule has 3 aliphatic rings. The molecular weight excluding hydrogens is 408 g/mol. The lowest BCUT2D eigenvalue weighted by atomic mass is 9.96. The molecule has 2 fully saturated rings. The molecule has 1 aliphatic carbocycles. The molecule has 174 valence electrons. The molecule has 1 aromatic carbocycles. The van der Waals surface area contributed by atoms with Gasteiger partial charge in [-0.2, -0.15) is 0 Å². The monoisotopic (exact) mass is 442 g/mol. The lowest BCUT2D eigenvalue weighted by Gasteiger charge is -2.34. The number of amides is 2. The van der Waals surface area contributed by atoms with Crippen LogP contribution in [0.4, 0.5) is 0 Å². The number of benzene rings is 1. The van der Waals surface area contributed by atoms with Crippen molar-refractivity contribution in [2.75, 3.05) is 33.9 Å². The first-order chi connectivity index (χ1) is 15.6. The van der Waals surface area contributed by atoms with Crippen molar-refractivity contribution in [1.82, 2.24) is 9.80 Å². The summed E-state index contributed by atoms with van der Waals surface area (Å²) in [4.78, 5) is 31.1. The molecule has 2 amide bonds. The lowest BCUT2D eigenvalue weighted by Crippen LogP contribution is -2.44. The standard InChI is InChI=1S/C25H34N2O5/c1-31-20-12-11-18(14-21(20)32-2)22-23(26-13-7-8-17(15-26)16-28)25(30)27(24(22)29)19-9-5-3-4-6-10-19/h11-12,14,17,19,28H,3-10,13,15-16H2,1-2H3. The number of piperidine rings is 1. The summed E-state index contributed by atoms with van der Waals surface area (Å²) in [5.74, 6) is 0.810. The summed E-state index contributed by atoms with van der Waals surface area (Å²) in [5.41, 5.74) is 1.58. The van der Waals surface area contributed by atoms with Gasteiger partial charge in [0, 0.05) is 25.7 Å². The van der Waals surface area contributed by atoms with Gasteiger partial charge in [0.15, 0.2) is 11.5 Å². The van der Waals surface area contributed by atoms with E-state index in [0.29, 0.717) is 41.4 Å². The van der Waals surface area contributed by atoms with Gasteiger partial charge in [-0.05, 0) is 49.3 Å². The second kappa shape index (κ2) is 9.94. The molecule has 0 radical (unpaired) electrons. The van der Waals surface area contributed by atoms with Gasteiger partial charge in [-0.1, -0.05) is 31.7 Å². The Bertz CT molecular complexity index is 888. The number of carbonyl (C=O) groups is 2. The van der Waals surface area contributed by atoms with Crippen molar-refractivity contribution >= 4 is 17.4 Å². The van der Waals surface area contributed by atoms with Crippen LogP contribution >= 0.6 is 0 Å². The summed E-state index contributed by atoms with van der Waals surface area (Å²) in [6.07, 6.45) is 7.93. The number of imide groups is 1. The van der Waals surface area contributed by atoms with Gasteiger partial charge in [0.2, 0.25) is 0 Å². The fourth-order valence-corrected chi connectivity index (χ4v) is 5.35. The Balaban J connectivity index is 1.77. The summed E-state index contributed by atoms with van der Waals surface area (Å²) in [6.45, 7) is 1.38. The van der Waals surface area contributed by atoms with Gasteiger partial charge >= 0.3 is 0 Å². The Kier molecular flexibility index (Phi) is 7.04. The third-order valence-corrected chi connectivity index (χ3v) is 7.05. The van der Waals surface area contributed by atoms with E-state index in [1.54, 1.807) is 26.4 Å². The zero-order valence-corrected chi connectivity index (χ0v) is 19.1. The van der Waals surface area contributed by atoms with E-state index >= 15 is 0 Å². The van der Waals surface area contributed by atoms with E-state index in [1.165, 1.54) is 4.90 Å².